The summed E-state index contributed by atoms with van der Waals surface area (Å²) in [7, 11) is 1.35. The van der Waals surface area contributed by atoms with E-state index in [9.17, 15) is 4.79 Å². The average Bonchev–Trinajstić information content (AvgIpc) is 3.26. The molecule has 0 saturated heterocycles. The molecule has 0 aliphatic heterocycles. The first-order valence-electron chi connectivity index (χ1n) is 7.03. The zero-order chi connectivity index (χ0) is 16.1. The summed E-state index contributed by atoms with van der Waals surface area (Å²) in [5.41, 5.74) is 2.96. The largest absolute Gasteiger partial charge is 0.472 e. The molecule has 0 aliphatic carbocycles. The van der Waals surface area contributed by atoms with Gasteiger partial charge in [-0.3, -0.25) is 0 Å². The summed E-state index contributed by atoms with van der Waals surface area (Å²) in [4.78, 5) is 11.9. The highest BCUT2D eigenvalue weighted by Crippen LogP contribution is 2.16. The summed E-state index contributed by atoms with van der Waals surface area (Å²) < 4.78 is 11.4. The van der Waals surface area contributed by atoms with Crippen LogP contribution in [0.1, 0.15) is 5.56 Å². The molecule has 2 aromatic heterocycles. The predicted molar refractivity (Wildman–Crippen MR) is 84.2 cm³/mol. The number of carbonyl (C=O) groups excluding carboxylic acids is 1. The van der Waals surface area contributed by atoms with Gasteiger partial charge < -0.3 is 9.15 Å². The van der Waals surface area contributed by atoms with Crippen LogP contribution >= 0.6 is 0 Å². The zero-order valence-corrected chi connectivity index (χ0v) is 12.5. The molecule has 0 fully saturated rings. The van der Waals surface area contributed by atoms with E-state index in [1.807, 2.05) is 30.3 Å². The molecule has 0 spiro atoms. The minimum Gasteiger partial charge on any atom is -0.472 e. The summed E-state index contributed by atoms with van der Waals surface area (Å²) in [6.45, 7) is 0.262. The third kappa shape index (κ3) is 3.55. The number of carbonyl (C=O) groups is 1. The smallest absolute Gasteiger partial charge is 0.335 e. The number of ether oxygens (including phenoxy) is 1. The van der Waals surface area contributed by atoms with E-state index in [0.717, 1.165) is 16.8 Å². The van der Waals surface area contributed by atoms with Crippen molar-refractivity contribution in [3.8, 4) is 11.3 Å². The SMILES string of the molecule is COC(=O)/C(=C/c1ccoc1)Cn1cc(-c2ccccc2)nn1. The van der Waals surface area contributed by atoms with E-state index in [1.165, 1.54) is 7.11 Å². The molecule has 0 bridgehead atoms. The summed E-state index contributed by atoms with van der Waals surface area (Å²) in [6, 6.07) is 11.5. The Kier molecular flexibility index (Phi) is 4.33. The molecular weight excluding hydrogens is 294 g/mol. The van der Waals surface area contributed by atoms with Gasteiger partial charge >= 0.3 is 5.97 Å². The third-order valence-electron chi connectivity index (χ3n) is 3.27. The van der Waals surface area contributed by atoms with Crippen molar-refractivity contribution in [2.75, 3.05) is 7.11 Å². The molecule has 6 nitrogen and oxygen atoms in total. The monoisotopic (exact) mass is 309 g/mol. The first kappa shape index (κ1) is 14.8. The van der Waals surface area contributed by atoms with Gasteiger partial charge in [-0.25, -0.2) is 9.48 Å². The minimum atomic E-state index is -0.414. The lowest BCUT2D eigenvalue weighted by Crippen LogP contribution is -2.12. The minimum absolute atomic E-state index is 0.262. The fourth-order valence-corrected chi connectivity index (χ4v) is 2.15. The van der Waals surface area contributed by atoms with Crippen molar-refractivity contribution in [1.82, 2.24) is 15.0 Å². The normalized spacial score (nSPS) is 11.4. The Morgan fingerprint density at radius 1 is 1.30 bits per heavy atom. The molecule has 0 amide bonds. The maximum atomic E-state index is 11.9. The quantitative estimate of drug-likeness (QED) is 0.535. The lowest BCUT2D eigenvalue weighted by Gasteiger charge is -2.04. The van der Waals surface area contributed by atoms with Gasteiger partial charge in [0, 0.05) is 11.1 Å². The molecule has 1 aromatic carbocycles. The number of hydrogen-bond acceptors (Lipinski definition) is 5. The summed E-state index contributed by atoms with van der Waals surface area (Å²) >= 11 is 0. The Morgan fingerprint density at radius 2 is 2.13 bits per heavy atom. The Labute approximate surface area is 133 Å². The molecule has 0 aliphatic rings. The van der Waals surface area contributed by atoms with E-state index in [0.29, 0.717) is 5.57 Å². The summed E-state index contributed by atoms with van der Waals surface area (Å²) in [6.07, 6.45) is 6.60. The molecule has 3 aromatic rings. The van der Waals surface area contributed by atoms with Crippen LogP contribution in [0.4, 0.5) is 0 Å². The molecule has 6 heteroatoms. The fraction of sp³-hybridized carbons (Fsp3) is 0.118. The van der Waals surface area contributed by atoms with Crippen molar-refractivity contribution < 1.29 is 13.9 Å². The number of hydrogen-bond donors (Lipinski definition) is 0. The number of benzene rings is 1. The third-order valence-corrected chi connectivity index (χ3v) is 3.27. The Morgan fingerprint density at radius 3 is 2.83 bits per heavy atom. The van der Waals surface area contributed by atoms with Gasteiger partial charge in [0.1, 0.15) is 5.69 Å². The number of rotatable bonds is 5. The standard InChI is InChI=1S/C17H15N3O3/c1-22-17(21)15(9-13-7-8-23-12-13)10-20-11-16(18-19-20)14-5-3-2-4-6-14/h2-9,11-12H,10H2,1H3/b15-9+. The van der Waals surface area contributed by atoms with Crippen molar-refractivity contribution in [3.63, 3.8) is 0 Å². The van der Waals surface area contributed by atoms with Crippen LogP contribution in [-0.2, 0) is 16.1 Å². The van der Waals surface area contributed by atoms with Gasteiger partial charge in [-0.1, -0.05) is 35.5 Å². The second-order valence-corrected chi connectivity index (χ2v) is 4.89. The highest BCUT2D eigenvalue weighted by molar-refractivity contribution is 5.93. The van der Waals surface area contributed by atoms with Crippen LogP contribution in [0.3, 0.4) is 0 Å². The van der Waals surface area contributed by atoms with E-state index in [1.54, 1.807) is 35.5 Å². The maximum absolute atomic E-state index is 11.9. The van der Waals surface area contributed by atoms with Crippen LogP contribution in [0.15, 0.2) is 65.1 Å². The van der Waals surface area contributed by atoms with E-state index < -0.39 is 5.97 Å². The maximum Gasteiger partial charge on any atom is 0.335 e. The van der Waals surface area contributed by atoms with E-state index in [-0.39, 0.29) is 6.54 Å². The molecule has 0 atom stereocenters. The van der Waals surface area contributed by atoms with Crippen LogP contribution in [-0.4, -0.2) is 28.1 Å². The molecule has 3 rings (SSSR count). The van der Waals surface area contributed by atoms with Crippen molar-refractivity contribution in [2.24, 2.45) is 0 Å². The molecule has 0 saturated carbocycles. The molecular formula is C17H15N3O3. The Balaban J connectivity index is 1.84. The van der Waals surface area contributed by atoms with E-state index in [2.05, 4.69) is 10.3 Å². The molecule has 0 N–H and O–H groups in total. The molecule has 116 valence electrons. The lowest BCUT2D eigenvalue weighted by molar-refractivity contribution is -0.136. The van der Waals surface area contributed by atoms with Gasteiger partial charge in [-0.05, 0) is 12.1 Å². The summed E-state index contributed by atoms with van der Waals surface area (Å²) in [5.74, 6) is -0.414. The predicted octanol–water partition coefficient (Wildman–Crippen LogP) is 2.79. The number of esters is 1. The Hall–Kier alpha value is -3.15. The van der Waals surface area contributed by atoms with Gasteiger partial charge in [-0.2, -0.15) is 0 Å². The first-order chi connectivity index (χ1) is 11.3. The number of furan rings is 1. The van der Waals surface area contributed by atoms with Gasteiger partial charge in [0.25, 0.3) is 0 Å². The number of methoxy groups -OCH3 is 1. The lowest BCUT2D eigenvalue weighted by atomic mass is 10.1. The first-order valence-corrected chi connectivity index (χ1v) is 7.03. The van der Waals surface area contributed by atoms with Crippen molar-refractivity contribution >= 4 is 12.0 Å². The van der Waals surface area contributed by atoms with Gasteiger partial charge in [-0.15, -0.1) is 5.10 Å². The summed E-state index contributed by atoms with van der Waals surface area (Å²) in [5, 5.41) is 8.21. The second-order valence-electron chi connectivity index (χ2n) is 4.89. The number of nitrogens with zero attached hydrogens (tertiary/aromatic N) is 3. The zero-order valence-electron chi connectivity index (χ0n) is 12.5. The van der Waals surface area contributed by atoms with Gasteiger partial charge in [0.2, 0.25) is 0 Å². The van der Waals surface area contributed by atoms with E-state index in [4.69, 9.17) is 9.15 Å². The highest BCUT2D eigenvalue weighted by Gasteiger charge is 2.13. The van der Waals surface area contributed by atoms with Crippen LogP contribution in [0.25, 0.3) is 17.3 Å². The molecule has 0 unspecified atom stereocenters. The van der Waals surface area contributed by atoms with Crippen LogP contribution < -0.4 is 0 Å². The van der Waals surface area contributed by atoms with Crippen LogP contribution in [0, 0.1) is 0 Å². The van der Waals surface area contributed by atoms with Crippen molar-refractivity contribution in [2.45, 2.75) is 6.54 Å². The Bertz CT molecular complexity index is 805. The van der Waals surface area contributed by atoms with Gasteiger partial charge in [0.05, 0.1) is 38.0 Å². The van der Waals surface area contributed by atoms with Crippen molar-refractivity contribution in [1.29, 1.82) is 0 Å². The van der Waals surface area contributed by atoms with Gasteiger partial charge in [0.15, 0.2) is 0 Å². The molecule has 2 heterocycles. The highest BCUT2D eigenvalue weighted by atomic mass is 16.5. The molecule has 23 heavy (non-hydrogen) atoms. The van der Waals surface area contributed by atoms with E-state index >= 15 is 0 Å². The van der Waals surface area contributed by atoms with Crippen LogP contribution in [0.5, 0.6) is 0 Å². The molecule has 0 radical (unpaired) electrons. The second kappa shape index (κ2) is 6.74. The topological polar surface area (TPSA) is 70.2 Å². The van der Waals surface area contributed by atoms with Crippen LogP contribution in [0.2, 0.25) is 0 Å². The van der Waals surface area contributed by atoms with Crippen molar-refractivity contribution in [3.05, 3.63) is 66.3 Å². The number of aromatic nitrogens is 3. The fourth-order valence-electron chi connectivity index (χ4n) is 2.15. The average molecular weight is 309 g/mol.